The van der Waals surface area contributed by atoms with Gasteiger partial charge in [0.15, 0.2) is 5.69 Å². The minimum Gasteiger partial charge on any atom is -0.481 e. The second kappa shape index (κ2) is 3.49. The number of aromatic nitrogens is 2. The van der Waals surface area contributed by atoms with Gasteiger partial charge in [-0.25, -0.2) is 9.78 Å². The van der Waals surface area contributed by atoms with Gasteiger partial charge in [-0.3, -0.25) is 0 Å². The Labute approximate surface area is 87.1 Å². The van der Waals surface area contributed by atoms with Gasteiger partial charge in [0, 0.05) is 0 Å². The van der Waals surface area contributed by atoms with Crippen LogP contribution in [0.1, 0.15) is 40.6 Å². The van der Waals surface area contributed by atoms with Crippen molar-refractivity contribution in [1.29, 1.82) is 0 Å². The molecule has 1 heterocycles. The lowest BCUT2D eigenvalue weighted by Crippen LogP contribution is -2.10. The number of carboxylic acid groups (broad SMARTS) is 1. The molecule has 1 N–H and O–H groups in total. The van der Waals surface area contributed by atoms with Gasteiger partial charge in [0.05, 0.1) is 12.7 Å². The predicted molar refractivity (Wildman–Crippen MR) is 52.3 cm³/mol. The molecule has 2 rings (SSSR count). The number of hydrogen-bond acceptors (Lipinski definition) is 4. The number of hydrogen-bond donors (Lipinski definition) is 1. The molecule has 0 radical (unpaired) electrons. The Morgan fingerprint density at radius 3 is 2.60 bits per heavy atom. The quantitative estimate of drug-likeness (QED) is 0.812. The number of methoxy groups -OCH3 is 1. The van der Waals surface area contributed by atoms with Crippen molar-refractivity contribution in [3.63, 3.8) is 0 Å². The number of nitrogens with zero attached hydrogens (tertiary/aromatic N) is 2. The molecule has 1 saturated carbocycles. The number of aryl methyl sites for hydroxylation is 1. The first kappa shape index (κ1) is 9.89. The monoisotopic (exact) mass is 208 g/mol. The molecule has 15 heavy (non-hydrogen) atoms. The normalized spacial score (nSPS) is 15.1. The van der Waals surface area contributed by atoms with Gasteiger partial charge in [-0.05, 0) is 25.7 Å². The molecule has 1 aromatic heterocycles. The van der Waals surface area contributed by atoms with Crippen LogP contribution in [0.2, 0.25) is 0 Å². The lowest BCUT2D eigenvalue weighted by atomic mass is 10.1. The molecule has 0 atom stereocenters. The number of carbonyl (C=O) groups is 1. The van der Waals surface area contributed by atoms with Gasteiger partial charge in [0.25, 0.3) is 0 Å². The fourth-order valence-corrected chi connectivity index (χ4v) is 1.61. The van der Waals surface area contributed by atoms with Crippen LogP contribution >= 0.6 is 0 Å². The van der Waals surface area contributed by atoms with Gasteiger partial charge in [-0.1, -0.05) is 0 Å². The van der Waals surface area contributed by atoms with E-state index in [2.05, 4.69) is 9.97 Å². The summed E-state index contributed by atoms with van der Waals surface area (Å²) < 4.78 is 5.10. The summed E-state index contributed by atoms with van der Waals surface area (Å²) in [4.78, 5) is 19.1. The molecule has 1 aliphatic rings. The van der Waals surface area contributed by atoms with Crippen LogP contribution in [-0.2, 0) is 0 Å². The summed E-state index contributed by atoms with van der Waals surface area (Å²) in [6.07, 6.45) is 1.98. The van der Waals surface area contributed by atoms with Gasteiger partial charge < -0.3 is 9.84 Å². The Bertz CT molecular complexity index is 413. The molecule has 0 aromatic carbocycles. The standard InChI is InChI=1S/C10H12N2O3/c1-5-11-8(10(13)14)7(6-3-4-6)9(12-5)15-2/h6H,3-4H2,1-2H3,(H,13,14). The van der Waals surface area contributed by atoms with E-state index in [0.29, 0.717) is 17.3 Å². The highest BCUT2D eigenvalue weighted by molar-refractivity contribution is 5.88. The largest absolute Gasteiger partial charge is 0.481 e. The minimum atomic E-state index is -1.01. The zero-order valence-electron chi connectivity index (χ0n) is 8.65. The molecule has 0 amide bonds. The maximum Gasteiger partial charge on any atom is 0.355 e. The summed E-state index contributed by atoms with van der Waals surface area (Å²) in [5.74, 6) is 0.0726. The van der Waals surface area contributed by atoms with Crippen LogP contribution in [0.4, 0.5) is 0 Å². The Morgan fingerprint density at radius 1 is 1.47 bits per heavy atom. The topological polar surface area (TPSA) is 72.3 Å². The van der Waals surface area contributed by atoms with Crippen LogP contribution in [0.25, 0.3) is 0 Å². The van der Waals surface area contributed by atoms with Crippen molar-refractivity contribution in [2.45, 2.75) is 25.7 Å². The van der Waals surface area contributed by atoms with E-state index in [1.54, 1.807) is 6.92 Å². The molecule has 0 spiro atoms. The second-order valence-corrected chi connectivity index (χ2v) is 3.62. The van der Waals surface area contributed by atoms with Crippen LogP contribution in [0.3, 0.4) is 0 Å². The zero-order chi connectivity index (χ0) is 11.0. The van der Waals surface area contributed by atoms with Crippen molar-refractivity contribution < 1.29 is 14.6 Å². The summed E-state index contributed by atoms with van der Waals surface area (Å²) in [6.45, 7) is 1.66. The van der Waals surface area contributed by atoms with Crippen LogP contribution in [0, 0.1) is 6.92 Å². The fourth-order valence-electron chi connectivity index (χ4n) is 1.61. The van der Waals surface area contributed by atoms with Gasteiger partial charge in [-0.2, -0.15) is 4.98 Å². The summed E-state index contributed by atoms with van der Waals surface area (Å²) >= 11 is 0. The van der Waals surface area contributed by atoms with Crippen molar-refractivity contribution in [3.8, 4) is 5.88 Å². The number of ether oxygens (including phenoxy) is 1. The molecule has 5 nitrogen and oxygen atoms in total. The first-order chi connectivity index (χ1) is 7.13. The fraction of sp³-hybridized carbons (Fsp3) is 0.500. The number of aromatic carboxylic acids is 1. The summed E-state index contributed by atoms with van der Waals surface area (Å²) in [6, 6.07) is 0. The smallest absolute Gasteiger partial charge is 0.355 e. The lowest BCUT2D eigenvalue weighted by molar-refractivity contribution is 0.0687. The van der Waals surface area contributed by atoms with Crippen molar-refractivity contribution >= 4 is 5.97 Å². The minimum absolute atomic E-state index is 0.0850. The van der Waals surface area contributed by atoms with E-state index in [1.807, 2.05) is 0 Å². The first-order valence-electron chi connectivity index (χ1n) is 4.79. The Balaban J connectivity index is 2.59. The zero-order valence-corrected chi connectivity index (χ0v) is 8.65. The molecule has 1 fully saturated rings. The van der Waals surface area contributed by atoms with E-state index in [9.17, 15) is 4.79 Å². The van der Waals surface area contributed by atoms with E-state index in [1.165, 1.54) is 7.11 Å². The van der Waals surface area contributed by atoms with Gasteiger partial charge in [-0.15, -0.1) is 0 Å². The molecule has 5 heteroatoms. The SMILES string of the molecule is COc1nc(C)nc(C(=O)O)c1C1CC1. The molecule has 0 unspecified atom stereocenters. The maximum absolute atomic E-state index is 11.0. The average molecular weight is 208 g/mol. The molecule has 0 bridgehead atoms. The molecule has 1 aromatic rings. The van der Waals surface area contributed by atoms with Crippen molar-refractivity contribution in [2.24, 2.45) is 0 Å². The van der Waals surface area contributed by atoms with Crippen LogP contribution in [0.15, 0.2) is 0 Å². The van der Waals surface area contributed by atoms with Gasteiger partial charge in [0.1, 0.15) is 5.82 Å². The van der Waals surface area contributed by atoms with Crippen LogP contribution < -0.4 is 4.74 Å². The number of carboxylic acids is 1. The first-order valence-corrected chi connectivity index (χ1v) is 4.79. The van der Waals surface area contributed by atoms with Crippen LogP contribution in [-0.4, -0.2) is 28.2 Å². The van der Waals surface area contributed by atoms with E-state index >= 15 is 0 Å². The van der Waals surface area contributed by atoms with E-state index in [4.69, 9.17) is 9.84 Å². The van der Waals surface area contributed by atoms with Crippen molar-refractivity contribution in [2.75, 3.05) is 7.11 Å². The highest BCUT2D eigenvalue weighted by atomic mass is 16.5. The molecule has 0 saturated heterocycles. The summed E-state index contributed by atoms with van der Waals surface area (Å²) in [7, 11) is 1.50. The number of rotatable bonds is 3. The highest BCUT2D eigenvalue weighted by Gasteiger charge is 2.33. The molecular weight excluding hydrogens is 196 g/mol. The Hall–Kier alpha value is -1.65. The Morgan fingerprint density at radius 2 is 2.13 bits per heavy atom. The molecule has 80 valence electrons. The maximum atomic E-state index is 11.0. The third-order valence-corrected chi connectivity index (χ3v) is 2.40. The van der Waals surface area contributed by atoms with E-state index in [-0.39, 0.29) is 11.6 Å². The molecule has 0 aliphatic heterocycles. The van der Waals surface area contributed by atoms with Gasteiger partial charge >= 0.3 is 5.97 Å². The second-order valence-electron chi connectivity index (χ2n) is 3.62. The summed E-state index contributed by atoms with van der Waals surface area (Å²) in [5.41, 5.74) is 0.734. The Kier molecular flexibility index (Phi) is 2.30. The van der Waals surface area contributed by atoms with E-state index < -0.39 is 5.97 Å². The average Bonchev–Trinajstić information content (AvgIpc) is 2.99. The van der Waals surface area contributed by atoms with Crippen molar-refractivity contribution in [3.05, 3.63) is 17.1 Å². The summed E-state index contributed by atoms with van der Waals surface area (Å²) in [5, 5.41) is 9.04. The highest BCUT2D eigenvalue weighted by Crippen LogP contribution is 2.44. The third-order valence-electron chi connectivity index (χ3n) is 2.40. The predicted octanol–water partition coefficient (Wildman–Crippen LogP) is 1.37. The third kappa shape index (κ3) is 1.77. The van der Waals surface area contributed by atoms with Gasteiger partial charge in [0.2, 0.25) is 5.88 Å². The lowest BCUT2D eigenvalue weighted by Gasteiger charge is -2.09. The molecule has 1 aliphatic carbocycles. The van der Waals surface area contributed by atoms with Crippen LogP contribution in [0.5, 0.6) is 5.88 Å². The van der Waals surface area contributed by atoms with E-state index in [0.717, 1.165) is 12.8 Å². The molecular formula is C10H12N2O3. The van der Waals surface area contributed by atoms with Crippen molar-refractivity contribution in [1.82, 2.24) is 9.97 Å².